The van der Waals surface area contributed by atoms with Gasteiger partial charge in [0.1, 0.15) is 12.7 Å². The van der Waals surface area contributed by atoms with Crippen LogP contribution in [0.5, 0.6) is 0 Å². The molecule has 0 spiro atoms. The highest BCUT2D eigenvalue weighted by Gasteiger charge is 2.50. The van der Waals surface area contributed by atoms with E-state index in [4.69, 9.17) is 0 Å². The van der Waals surface area contributed by atoms with Crippen molar-refractivity contribution in [2.45, 2.75) is 51.4 Å². The number of hydrogen-bond acceptors (Lipinski definition) is 5. The van der Waals surface area contributed by atoms with Crippen LogP contribution in [-0.2, 0) is 0 Å². The molecule has 0 aliphatic heterocycles. The standard InChI is InChI=1S/C15H17F6N5/c1-8(7-16)22-12-24-10(3-4-14(5-6-14)11(17)18)25-13(26-12)23-9(2)15(19,20)21/h8-9,11H,5-7H2,1-2H3,(H2,22,23,24,25,26)/t8?,9-/m1/s1. The van der Waals surface area contributed by atoms with Gasteiger partial charge in [0.25, 0.3) is 6.43 Å². The third-order valence-electron chi connectivity index (χ3n) is 3.71. The second-order valence-electron chi connectivity index (χ2n) is 6.12. The average Bonchev–Trinajstić information content (AvgIpc) is 3.33. The van der Waals surface area contributed by atoms with E-state index in [1.54, 1.807) is 0 Å². The molecule has 1 fully saturated rings. The van der Waals surface area contributed by atoms with E-state index in [9.17, 15) is 26.3 Å². The van der Waals surface area contributed by atoms with Crippen LogP contribution in [0.3, 0.4) is 0 Å². The van der Waals surface area contributed by atoms with E-state index in [-0.39, 0.29) is 24.6 Å². The lowest BCUT2D eigenvalue weighted by Crippen LogP contribution is -2.34. The normalized spacial score (nSPS) is 17.9. The minimum atomic E-state index is -4.55. The molecule has 11 heteroatoms. The minimum absolute atomic E-state index is 0.201. The first-order valence-corrected chi connectivity index (χ1v) is 7.79. The van der Waals surface area contributed by atoms with Gasteiger partial charge >= 0.3 is 6.18 Å². The largest absolute Gasteiger partial charge is 0.408 e. The molecule has 2 rings (SSSR count). The molecular weight excluding hydrogens is 364 g/mol. The van der Waals surface area contributed by atoms with Crippen LogP contribution in [0.4, 0.5) is 38.2 Å². The first-order chi connectivity index (χ1) is 12.1. The van der Waals surface area contributed by atoms with Gasteiger partial charge in [-0.15, -0.1) is 0 Å². The monoisotopic (exact) mass is 381 g/mol. The van der Waals surface area contributed by atoms with E-state index in [1.165, 1.54) is 6.92 Å². The lowest BCUT2D eigenvalue weighted by molar-refractivity contribution is -0.138. The summed E-state index contributed by atoms with van der Waals surface area (Å²) in [6.45, 7) is 1.56. The predicted molar refractivity (Wildman–Crippen MR) is 82.6 cm³/mol. The Hall–Kier alpha value is -2.25. The molecule has 1 saturated carbocycles. The highest BCUT2D eigenvalue weighted by Crippen LogP contribution is 2.50. The molecule has 1 aliphatic rings. The zero-order valence-corrected chi connectivity index (χ0v) is 14.0. The van der Waals surface area contributed by atoms with Gasteiger partial charge in [-0.05, 0) is 32.6 Å². The van der Waals surface area contributed by atoms with Crippen LogP contribution in [0.25, 0.3) is 0 Å². The van der Waals surface area contributed by atoms with Gasteiger partial charge in [-0.25, -0.2) is 13.2 Å². The van der Waals surface area contributed by atoms with Gasteiger partial charge in [-0.1, -0.05) is 5.92 Å². The number of alkyl halides is 6. The van der Waals surface area contributed by atoms with Crippen molar-refractivity contribution in [1.29, 1.82) is 0 Å². The lowest BCUT2D eigenvalue weighted by Gasteiger charge is -2.18. The number of nitrogens with zero attached hydrogens (tertiary/aromatic N) is 3. The molecule has 144 valence electrons. The highest BCUT2D eigenvalue weighted by atomic mass is 19.4. The van der Waals surface area contributed by atoms with E-state index in [1.807, 2.05) is 0 Å². The SMILES string of the molecule is CC(CF)Nc1nc(C#CC2(C(F)F)CC2)nc(N[C@H](C)C(F)(F)F)n1. The Morgan fingerprint density at radius 2 is 1.65 bits per heavy atom. The summed E-state index contributed by atoms with van der Waals surface area (Å²) in [6.07, 6.45) is -6.73. The third-order valence-corrected chi connectivity index (χ3v) is 3.71. The number of halogens is 6. The number of aromatic nitrogens is 3. The predicted octanol–water partition coefficient (Wildman–Crippen LogP) is 3.40. The second kappa shape index (κ2) is 7.55. The van der Waals surface area contributed by atoms with Crippen LogP contribution in [0.1, 0.15) is 32.5 Å². The molecule has 0 bridgehead atoms. The first kappa shape index (κ1) is 20.1. The molecule has 2 atom stereocenters. The maximum absolute atomic E-state index is 12.9. The summed E-state index contributed by atoms with van der Waals surface area (Å²) in [5, 5.41) is 4.60. The molecule has 0 saturated heterocycles. The van der Waals surface area contributed by atoms with Crippen LogP contribution < -0.4 is 10.6 Å². The summed E-state index contributed by atoms with van der Waals surface area (Å²) >= 11 is 0. The fourth-order valence-corrected chi connectivity index (χ4v) is 1.81. The van der Waals surface area contributed by atoms with Crippen molar-refractivity contribution in [2.75, 3.05) is 17.3 Å². The molecule has 5 nitrogen and oxygen atoms in total. The molecule has 1 aromatic rings. The topological polar surface area (TPSA) is 62.7 Å². The Labute approximate surface area is 146 Å². The van der Waals surface area contributed by atoms with Gasteiger partial charge in [0.2, 0.25) is 17.7 Å². The van der Waals surface area contributed by atoms with Crippen LogP contribution in [0, 0.1) is 17.3 Å². The maximum Gasteiger partial charge on any atom is 0.408 e. The van der Waals surface area contributed by atoms with Crippen molar-refractivity contribution in [3.05, 3.63) is 5.82 Å². The highest BCUT2D eigenvalue weighted by molar-refractivity contribution is 5.40. The van der Waals surface area contributed by atoms with Crippen LogP contribution in [0.15, 0.2) is 0 Å². The van der Waals surface area contributed by atoms with E-state index in [0.29, 0.717) is 0 Å². The zero-order valence-electron chi connectivity index (χ0n) is 14.0. The van der Waals surface area contributed by atoms with Crippen molar-refractivity contribution in [1.82, 2.24) is 15.0 Å². The molecule has 1 unspecified atom stereocenters. The molecule has 0 amide bonds. The summed E-state index contributed by atoms with van der Waals surface area (Å²) in [5.74, 6) is 3.83. The summed E-state index contributed by atoms with van der Waals surface area (Å²) in [6, 6.07) is -2.67. The molecule has 1 aliphatic carbocycles. The quantitative estimate of drug-likeness (QED) is 0.584. The average molecular weight is 381 g/mol. The Bertz CT molecular complexity index is 692. The molecule has 2 N–H and O–H groups in total. The van der Waals surface area contributed by atoms with Crippen molar-refractivity contribution in [2.24, 2.45) is 5.41 Å². The molecule has 26 heavy (non-hydrogen) atoms. The number of rotatable bonds is 6. The molecular formula is C15H17F6N5. The Morgan fingerprint density at radius 3 is 2.12 bits per heavy atom. The fourth-order valence-electron chi connectivity index (χ4n) is 1.81. The van der Waals surface area contributed by atoms with Gasteiger partial charge in [0.15, 0.2) is 0 Å². The molecule has 0 aromatic carbocycles. The smallest absolute Gasteiger partial charge is 0.349 e. The van der Waals surface area contributed by atoms with Crippen LogP contribution >= 0.6 is 0 Å². The van der Waals surface area contributed by atoms with Gasteiger partial charge in [-0.3, -0.25) is 0 Å². The Balaban J connectivity index is 2.30. The van der Waals surface area contributed by atoms with Crippen molar-refractivity contribution in [3.63, 3.8) is 0 Å². The van der Waals surface area contributed by atoms with E-state index < -0.39 is 42.7 Å². The second-order valence-corrected chi connectivity index (χ2v) is 6.12. The van der Waals surface area contributed by atoms with E-state index in [2.05, 4.69) is 37.4 Å². The van der Waals surface area contributed by atoms with Crippen molar-refractivity contribution >= 4 is 11.9 Å². The van der Waals surface area contributed by atoms with Crippen LogP contribution in [-0.4, -0.2) is 46.3 Å². The minimum Gasteiger partial charge on any atom is -0.349 e. The third kappa shape index (κ3) is 5.12. The number of nitrogens with one attached hydrogen (secondary N) is 2. The Morgan fingerprint density at radius 1 is 1.08 bits per heavy atom. The van der Waals surface area contributed by atoms with Crippen molar-refractivity contribution in [3.8, 4) is 11.8 Å². The molecule has 1 aromatic heterocycles. The van der Waals surface area contributed by atoms with E-state index >= 15 is 0 Å². The zero-order chi connectivity index (χ0) is 19.5. The summed E-state index contributed by atoms with van der Waals surface area (Å²) in [4.78, 5) is 11.3. The maximum atomic E-state index is 12.9. The molecule has 0 radical (unpaired) electrons. The lowest BCUT2D eigenvalue weighted by atomic mass is 10.1. The van der Waals surface area contributed by atoms with Crippen LogP contribution in [0.2, 0.25) is 0 Å². The van der Waals surface area contributed by atoms with E-state index in [0.717, 1.165) is 6.92 Å². The van der Waals surface area contributed by atoms with Gasteiger partial charge < -0.3 is 10.6 Å². The Kier molecular flexibility index (Phi) is 5.83. The summed E-state index contributed by atoms with van der Waals surface area (Å²) < 4.78 is 76.5. The number of hydrogen-bond donors (Lipinski definition) is 2. The van der Waals surface area contributed by atoms with Gasteiger partial charge in [-0.2, -0.15) is 28.1 Å². The van der Waals surface area contributed by atoms with Gasteiger partial charge in [0.05, 0.1) is 11.5 Å². The fraction of sp³-hybridized carbons (Fsp3) is 0.667. The summed E-state index contributed by atoms with van der Waals surface area (Å²) in [5.41, 5.74) is -1.42. The molecule has 1 heterocycles. The summed E-state index contributed by atoms with van der Waals surface area (Å²) in [7, 11) is 0. The first-order valence-electron chi connectivity index (χ1n) is 7.79. The van der Waals surface area contributed by atoms with Crippen molar-refractivity contribution < 1.29 is 26.3 Å². The number of anilines is 2. The van der Waals surface area contributed by atoms with Gasteiger partial charge in [0, 0.05) is 0 Å².